The van der Waals surface area contributed by atoms with E-state index in [9.17, 15) is 0 Å². The van der Waals surface area contributed by atoms with Crippen molar-refractivity contribution in [2.75, 3.05) is 10.9 Å². The van der Waals surface area contributed by atoms with E-state index in [-0.39, 0.29) is 0 Å². The van der Waals surface area contributed by atoms with Crippen LogP contribution in [0.15, 0.2) is 83.3 Å². The van der Waals surface area contributed by atoms with E-state index in [0.29, 0.717) is 10.0 Å². The minimum absolute atomic E-state index is 0.652. The molecule has 0 saturated heterocycles. The molecule has 0 saturated carbocycles. The van der Waals surface area contributed by atoms with E-state index >= 15 is 0 Å². The van der Waals surface area contributed by atoms with Gasteiger partial charge in [-0.2, -0.15) is 10.2 Å². The van der Waals surface area contributed by atoms with Gasteiger partial charge in [-0.3, -0.25) is 20.8 Å². The molecule has 6 nitrogen and oxygen atoms in total. The van der Waals surface area contributed by atoms with E-state index in [1.54, 1.807) is 12.4 Å². The van der Waals surface area contributed by atoms with Gasteiger partial charge in [0, 0.05) is 33.2 Å². The van der Waals surface area contributed by atoms with Crippen LogP contribution in [0.4, 0.5) is 11.4 Å². The largest absolute Gasteiger partial charge is 0.278 e. The molecule has 0 bridgehead atoms. The fraction of sp³-hybridized carbons (Fsp3) is 0.0714. The Morgan fingerprint density at radius 2 is 1.08 bits per heavy atom. The molecule has 0 unspecified atom stereocenters. The monoisotopic (exact) mass is 512 g/mol. The van der Waals surface area contributed by atoms with Gasteiger partial charge in [0.05, 0.1) is 34.8 Å². The Bertz CT molecular complexity index is 1520. The first-order valence-electron chi connectivity index (χ1n) is 11.3. The zero-order valence-corrected chi connectivity index (χ0v) is 21.1. The van der Waals surface area contributed by atoms with Crippen LogP contribution in [-0.2, 0) is 0 Å². The lowest BCUT2D eigenvalue weighted by Crippen LogP contribution is -1.98. The van der Waals surface area contributed by atoms with Gasteiger partial charge < -0.3 is 0 Å². The van der Waals surface area contributed by atoms with Crippen molar-refractivity contribution in [1.29, 1.82) is 0 Å². The molecule has 0 fully saturated rings. The maximum Gasteiger partial charge on any atom is 0.0738 e. The molecule has 2 aromatic heterocycles. The van der Waals surface area contributed by atoms with E-state index in [2.05, 4.69) is 57.0 Å². The van der Waals surface area contributed by atoms with Crippen LogP contribution in [0.25, 0.3) is 21.8 Å². The minimum atomic E-state index is 0.652. The Balaban J connectivity index is 1.31. The van der Waals surface area contributed by atoms with Gasteiger partial charge in [-0.15, -0.1) is 0 Å². The van der Waals surface area contributed by atoms with Crippen LogP contribution in [0.5, 0.6) is 0 Å². The molecule has 0 spiro atoms. The molecular formula is C28H22Cl2N6. The lowest BCUT2D eigenvalue weighted by atomic mass is 10.0. The second-order valence-corrected chi connectivity index (χ2v) is 9.22. The van der Waals surface area contributed by atoms with Crippen LogP contribution >= 0.6 is 23.2 Å². The van der Waals surface area contributed by atoms with Crippen LogP contribution in [0.3, 0.4) is 0 Å². The molecule has 5 rings (SSSR count). The van der Waals surface area contributed by atoms with Gasteiger partial charge in [-0.25, -0.2) is 0 Å². The third-order valence-electron chi connectivity index (χ3n) is 5.84. The summed E-state index contributed by atoms with van der Waals surface area (Å²) in [4.78, 5) is 8.73. The smallest absolute Gasteiger partial charge is 0.0738 e. The van der Waals surface area contributed by atoms with Gasteiger partial charge in [0.2, 0.25) is 0 Å². The number of aryl methyl sites for hydroxylation is 2. The van der Waals surface area contributed by atoms with Gasteiger partial charge in [0.15, 0.2) is 0 Å². The van der Waals surface area contributed by atoms with Crippen molar-refractivity contribution in [3.8, 4) is 0 Å². The van der Waals surface area contributed by atoms with Crippen molar-refractivity contribution in [3.63, 3.8) is 0 Å². The van der Waals surface area contributed by atoms with Crippen molar-refractivity contribution in [3.05, 3.63) is 105 Å². The van der Waals surface area contributed by atoms with Crippen molar-refractivity contribution in [2.45, 2.75) is 13.8 Å². The molecule has 2 heterocycles. The molecule has 5 aromatic rings. The number of benzene rings is 3. The fourth-order valence-corrected chi connectivity index (χ4v) is 4.25. The normalized spacial score (nSPS) is 11.7. The second kappa shape index (κ2) is 10.3. The minimum Gasteiger partial charge on any atom is -0.278 e. The predicted molar refractivity (Wildman–Crippen MR) is 152 cm³/mol. The molecule has 0 aliphatic rings. The lowest BCUT2D eigenvalue weighted by Gasteiger charge is -2.08. The average Bonchev–Trinajstić information content (AvgIpc) is 2.86. The number of hydrogen-bond acceptors (Lipinski definition) is 6. The van der Waals surface area contributed by atoms with E-state index in [1.165, 1.54) is 0 Å². The zero-order valence-electron chi connectivity index (χ0n) is 19.6. The van der Waals surface area contributed by atoms with Crippen molar-refractivity contribution >= 4 is 68.8 Å². The molecule has 0 aliphatic heterocycles. The quantitative estimate of drug-likeness (QED) is 0.181. The van der Waals surface area contributed by atoms with E-state index in [0.717, 1.165) is 55.4 Å². The van der Waals surface area contributed by atoms with Gasteiger partial charge in [0.25, 0.3) is 0 Å². The first kappa shape index (κ1) is 23.7. The predicted octanol–water partition coefficient (Wildman–Crippen LogP) is 7.60. The summed E-state index contributed by atoms with van der Waals surface area (Å²) in [5.41, 5.74) is 13.8. The molecular weight excluding hydrogens is 491 g/mol. The third-order valence-corrected chi connectivity index (χ3v) is 6.31. The molecule has 178 valence electrons. The van der Waals surface area contributed by atoms with Crippen molar-refractivity contribution < 1.29 is 0 Å². The number of nitrogens with zero attached hydrogens (tertiary/aromatic N) is 4. The van der Waals surface area contributed by atoms with Gasteiger partial charge in [0.1, 0.15) is 0 Å². The number of fused-ring (bicyclic) bond motifs is 2. The van der Waals surface area contributed by atoms with Gasteiger partial charge in [-0.05, 0) is 96.8 Å². The highest BCUT2D eigenvalue weighted by Crippen LogP contribution is 2.25. The summed E-state index contributed by atoms with van der Waals surface area (Å²) in [7, 11) is 0. The summed E-state index contributed by atoms with van der Waals surface area (Å²) < 4.78 is 0. The highest BCUT2D eigenvalue weighted by molar-refractivity contribution is 6.31. The van der Waals surface area contributed by atoms with Gasteiger partial charge >= 0.3 is 0 Å². The van der Waals surface area contributed by atoms with Gasteiger partial charge in [-0.1, -0.05) is 23.2 Å². The Labute approximate surface area is 218 Å². The van der Waals surface area contributed by atoms with Crippen LogP contribution in [0, 0.1) is 13.8 Å². The molecule has 0 aliphatic carbocycles. The van der Waals surface area contributed by atoms with Crippen LogP contribution < -0.4 is 10.9 Å². The fourth-order valence-electron chi connectivity index (χ4n) is 3.92. The summed E-state index contributed by atoms with van der Waals surface area (Å²) in [6.07, 6.45) is 7.10. The first-order valence-corrected chi connectivity index (χ1v) is 12.0. The average molecular weight is 513 g/mol. The molecule has 3 aromatic carbocycles. The molecule has 0 radical (unpaired) electrons. The summed E-state index contributed by atoms with van der Waals surface area (Å²) >= 11 is 12.2. The lowest BCUT2D eigenvalue weighted by molar-refractivity contribution is 1.31. The van der Waals surface area contributed by atoms with E-state index in [1.807, 2.05) is 61.0 Å². The number of nitrogens with one attached hydrogen (secondary N) is 2. The summed E-state index contributed by atoms with van der Waals surface area (Å²) in [5.74, 6) is 0. The maximum absolute atomic E-state index is 6.08. The number of pyridine rings is 2. The summed E-state index contributed by atoms with van der Waals surface area (Å²) in [6, 6.07) is 19.2. The zero-order chi connectivity index (χ0) is 25.1. The molecule has 36 heavy (non-hydrogen) atoms. The van der Waals surface area contributed by atoms with Crippen molar-refractivity contribution in [2.24, 2.45) is 10.2 Å². The Morgan fingerprint density at radius 1 is 0.639 bits per heavy atom. The highest BCUT2D eigenvalue weighted by Gasteiger charge is 2.05. The summed E-state index contributed by atoms with van der Waals surface area (Å²) in [6.45, 7) is 4.10. The Kier molecular flexibility index (Phi) is 6.80. The van der Waals surface area contributed by atoms with Crippen molar-refractivity contribution in [1.82, 2.24) is 9.97 Å². The third kappa shape index (κ3) is 5.15. The molecule has 0 atom stereocenters. The topological polar surface area (TPSA) is 74.6 Å². The van der Waals surface area contributed by atoms with Crippen LogP contribution in [-0.4, -0.2) is 22.4 Å². The van der Waals surface area contributed by atoms with Crippen LogP contribution in [0.2, 0.25) is 10.0 Å². The number of aromatic nitrogens is 2. The standard InChI is InChI=1S/C28H22Cl2N6/c1-17-11-20(16-34-36-26-8-10-32-28-14-22(30)4-6-24(26)28)18(2)12-19(17)15-33-35-25-7-9-31-27-13-21(29)3-5-23(25)27/h3-16H,1-2H3,(H,31,35)(H,32,36). The number of halogens is 2. The SMILES string of the molecule is Cc1cc(C=NNc2ccnc3cc(Cl)ccc23)c(C)cc1C=NNc1ccnc2cc(Cl)ccc12. The number of hydrogen-bond donors (Lipinski definition) is 2. The Morgan fingerprint density at radius 3 is 1.53 bits per heavy atom. The summed E-state index contributed by atoms with van der Waals surface area (Å²) in [5, 5.41) is 12.1. The highest BCUT2D eigenvalue weighted by atomic mass is 35.5. The first-order chi connectivity index (χ1) is 17.5. The molecule has 0 amide bonds. The number of rotatable bonds is 6. The second-order valence-electron chi connectivity index (χ2n) is 8.35. The van der Waals surface area contributed by atoms with Crippen LogP contribution in [0.1, 0.15) is 22.3 Å². The van der Waals surface area contributed by atoms with E-state index in [4.69, 9.17) is 23.2 Å². The number of anilines is 2. The number of hydrazone groups is 2. The Hall–Kier alpha value is -4.00. The maximum atomic E-state index is 6.08. The molecule has 2 N–H and O–H groups in total. The molecule has 8 heteroatoms. The van der Waals surface area contributed by atoms with E-state index < -0.39 is 0 Å².